The third-order valence-corrected chi connectivity index (χ3v) is 3.95. The SMILES string of the molecule is CCN(CC)CC(C)NCc1cccc2ccccc12. The van der Waals surface area contributed by atoms with E-state index in [1.54, 1.807) is 0 Å². The number of benzene rings is 2. The average molecular weight is 270 g/mol. The largest absolute Gasteiger partial charge is 0.309 e. The molecule has 1 N–H and O–H groups in total. The molecule has 0 amide bonds. The fraction of sp³-hybridized carbons (Fsp3) is 0.444. The van der Waals surface area contributed by atoms with Crippen molar-refractivity contribution in [2.24, 2.45) is 0 Å². The van der Waals surface area contributed by atoms with E-state index in [0.29, 0.717) is 6.04 Å². The minimum atomic E-state index is 0.508. The molecule has 0 saturated heterocycles. The Morgan fingerprint density at radius 3 is 2.45 bits per heavy atom. The minimum Gasteiger partial charge on any atom is -0.309 e. The van der Waals surface area contributed by atoms with E-state index in [1.807, 2.05) is 0 Å². The Morgan fingerprint density at radius 2 is 1.70 bits per heavy atom. The molecule has 108 valence electrons. The lowest BCUT2D eigenvalue weighted by Crippen LogP contribution is -2.38. The zero-order valence-corrected chi connectivity index (χ0v) is 12.9. The summed E-state index contributed by atoms with van der Waals surface area (Å²) in [5, 5.41) is 6.33. The summed E-state index contributed by atoms with van der Waals surface area (Å²) in [7, 11) is 0. The Morgan fingerprint density at radius 1 is 1.00 bits per heavy atom. The maximum absolute atomic E-state index is 3.65. The molecule has 2 aromatic carbocycles. The van der Waals surface area contributed by atoms with E-state index < -0.39 is 0 Å². The van der Waals surface area contributed by atoms with E-state index in [9.17, 15) is 0 Å². The van der Waals surface area contributed by atoms with Gasteiger partial charge in [-0.1, -0.05) is 56.3 Å². The van der Waals surface area contributed by atoms with Gasteiger partial charge in [-0.15, -0.1) is 0 Å². The van der Waals surface area contributed by atoms with Crippen molar-refractivity contribution in [2.75, 3.05) is 19.6 Å². The topological polar surface area (TPSA) is 15.3 Å². The number of hydrogen-bond donors (Lipinski definition) is 1. The zero-order valence-electron chi connectivity index (χ0n) is 12.9. The van der Waals surface area contributed by atoms with Gasteiger partial charge in [0.2, 0.25) is 0 Å². The first-order chi connectivity index (χ1) is 9.74. The number of hydrogen-bond acceptors (Lipinski definition) is 2. The monoisotopic (exact) mass is 270 g/mol. The van der Waals surface area contributed by atoms with Crippen molar-refractivity contribution >= 4 is 10.8 Å². The van der Waals surface area contributed by atoms with Gasteiger partial charge in [-0.3, -0.25) is 0 Å². The van der Waals surface area contributed by atoms with Gasteiger partial charge in [0.05, 0.1) is 0 Å². The van der Waals surface area contributed by atoms with Gasteiger partial charge in [0.25, 0.3) is 0 Å². The van der Waals surface area contributed by atoms with Crippen molar-refractivity contribution in [1.82, 2.24) is 10.2 Å². The van der Waals surface area contributed by atoms with E-state index in [2.05, 4.69) is 73.5 Å². The second-order valence-corrected chi connectivity index (χ2v) is 5.41. The van der Waals surface area contributed by atoms with Crippen LogP contribution in [0.3, 0.4) is 0 Å². The molecular formula is C18H26N2. The lowest BCUT2D eigenvalue weighted by atomic mass is 10.0. The number of nitrogens with one attached hydrogen (secondary N) is 1. The molecule has 0 fully saturated rings. The normalized spacial score (nSPS) is 13.0. The fourth-order valence-corrected chi connectivity index (χ4v) is 2.66. The Bertz CT molecular complexity index is 526. The van der Waals surface area contributed by atoms with Crippen LogP contribution in [0.1, 0.15) is 26.3 Å². The molecule has 1 unspecified atom stereocenters. The smallest absolute Gasteiger partial charge is 0.0214 e. The molecule has 0 heterocycles. The van der Waals surface area contributed by atoms with Crippen molar-refractivity contribution in [3.8, 4) is 0 Å². The van der Waals surface area contributed by atoms with Gasteiger partial charge in [-0.25, -0.2) is 0 Å². The molecule has 0 saturated carbocycles. The minimum absolute atomic E-state index is 0.508. The standard InChI is InChI=1S/C18H26N2/c1-4-20(5-2)14-15(3)19-13-17-11-8-10-16-9-6-7-12-18(16)17/h6-12,15,19H,4-5,13-14H2,1-3H3. The highest BCUT2D eigenvalue weighted by molar-refractivity contribution is 5.85. The maximum atomic E-state index is 3.65. The van der Waals surface area contributed by atoms with Gasteiger partial charge >= 0.3 is 0 Å². The lowest BCUT2D eigenvalue weighted by Gasteiger charge is -2.23. The summed E-state index contributed by atoms with van der Waals surface area (Å²) in [4.78, 5) is 2.46. The highest BCUT2D eigenvalue weighted by atomic mass is 15.1. The first kappa shape index (κ1) is 15.0. The predicted octanol–water partition coefficient (Wildman–Crippen LogP) is 3.66. The van der Waals surface area contributed by atoms with Crippen LogP contribution in [0.5, 0.6) is 0 Å². The van der Waals surface area contributed by atoms with Crippen LogP contribution in [0.25, 0.3) is 10.8 Å². The van der Waals surface area contributed by atoms with Crippen molar-refractivity contribution < 1.29 is 0 Å². The molecule has 0 aromatic heterocycles. The Kier molecular flexibility index (Phi) is 5.57. The van der Waals surface area contributed by atoms with Crippen LogP contribution in [0.2, 0.25) is 0 Å². The molecule has 0 aliphatic rings. The molecule has 0 aliphatic carbocycles. The third kappa shape index (κ3) is 3.81. The van der Waals surface area contributed by atoms with E-state index >= 15 is 0 Å². The Balaban J connectivity index is 1.99. The second kappa shape index (κ2) is 7.41. The second-order valence-electron chi connectivity index (χ2n) is 5.41. The molecule has 0 radical (unpaired) electrons. The predicted molar refractivity (Wildman–Crippen MR) is 88.0 cm³/mol. The van der Waals surface area contributed by atoms with Crippen molar-refractivity contribution in [3.63, 3.8) is 0 Å². The van der Waals surface area contributed by atoms with Gasteiger partial charge in [0.15, 0.2) is 0 Å². The molecule has 20 heavy (non-hydrogen) atoms. The number of likely N-dealkylation sites (N-methyl/N-ethyl adjacent to an activating group) is 1. The molecule has 2 aromatic rings. The summed E-state index contributed by atoms with van der Waals surface area (Å²) < 4.78 is 0. The van der Waals surface area contributed by atoms with E-state index in [4.69, 9.17) is 0 Å². The van der Waals surface area contributed by atoms with Gasteiger partial charge in [-0.05, 0) is 36.3 Å². The summed E-state index contributed by atoms with van der Waals surface area (Å²) in [5.41, 5.74) is 1.38. The lowest BCUT2D eigenvalue weighted by molar-refractivity contribution is 0.271. The van der Waals surface area contributed by atoms with Gasteiger partial charge in [0, 0.05) is 19.1 Å². The molecule has 0 aliphatic heterocycles. The summed E-state index contributed by atoms with van der Waals surface area (Å²) in [5.74, 6) is 0. The first-order valence-corrected chi connectivity index (χ1v) is 7.67. The van der Waals surface area contributed by atoms with Crippen LogP contribution in [-0.4, -0.2) is 30.6 Å². The average Bonchev–Trinajstić information content (AvgIpc) is 2.50. The molecule has 0 spiro atoms. The zero-order chi connectivity index (χ0) is 14.4. The number of nitrogens with zero attached hydrogens (tertiary/aromatic N) is 1. The van der Waals surface area contributed by atoms with E-state index in [1.165, 1.54) is 16.3 Å². The van der Waals surface area contributed by atoms with E-state index in [-0.39, 0.29) is 0 Å². The van der Waals surface area contributed by atoms with Gasteiger partial charge in [0.1, 0.15) is 0 Å². The van der Waals surface area contributed by atoms with Crippen molar-refractivity contribution in [3.05, 3.63) is 48.0 Å². The van der Waals surface area contributed by atoms with Crippen LogP contribution >= 0.6 is 0 Å². The third-order valence-electron chi connectivity index (χ3n) is 3.95. The summed E-state index contributed by atoms with van der Waals surface area (Å²) in [6.07, 6.45) is 0. The highest BCUT2D eigenvalue weighted by Crippen LogP contribution is 2.18. The Hall–Kier alpha value is -1.38. The van der Waals surface area contributed by atoms with Gasteiger partial charge < -0.3 is 10.2 Å². The summed E-state index contributed by atoms with van der Waals surface area (Å²) in [6, 6.07) is 15.7. The first-order valence-electron chi connectivity index (χ1n) is 7.67. The molecular weight excluding hydrogens is 244 g/mol. The number of rotatable bonds is 7. The van der Waals surface area contributed by atoms with Crippen LogP contribution in [0.4, 0.5) is 0 Å². The van der Waals surface area contributed by atoms with Gasteiger partial charge in [-0.2, -0.15) is 0 Å². The Labute approximate surface area is 122 Å². The molecule has 2 nitrogen and oxygen atoms in total. The van der Waals surface area contributed by atoms with Crippen LogP contribution in [0, 0.1) is 0 Å². The summed E-state index contributed by atoms with van der Waals surface area (Å²) in [6.45, 7) is 11.0. The van der Waals surface area contributed by atoms with Crippen LogP contribution in [0.15, 0.2) is 42.5 Å². The summed E-state index contributed by atoms with van der Waals surface area (Å²) >= 11 is 0. The fourth-order valence-electron chi connectivity index (χ4n) is 2.66. The molecule has 2 rings (SSSR count). The molecule has 0 bridgehead atoms. The highest BCUT2D eigenvalue weighted by Gasteiger charge is 2.07. The van der Waals surface area contributed by atoms with E-state index in [0.717, 1.165) is 26.2 Å². The molecule has 2 heteroatoms. The maximum Gasteiger partial charge on any atom is 0.0214 e. The van der Waals surface area contributed by atoms with Crippen molar-refractivity contribution in [2.45, 2.75) is 33.4 Å². The number of fused-ring (bicyclic) bond motifs is 1. The quantitative estimate of drug-likeness (QED) is 0.826. The molecule has 1 atom stereocenters. The van der Waals surface area contributed by atoms with Crippen LogP contribution in [-0.2, 0) is 6.54 Å². The van der Waals surface area contributed by atoms with Crippen molar-refractivity contribution in [1.29, 1.82) is 0 Å². The van der Waals surface area contributed by atoms with Crippen LogP contribution < -0.4 is 5.32 Å².